The zero-order valence-corrected chi connectivity index (χ0v) is 9.64. The number of rotatable bonds is 3. The predicted octanol–water partition coefficient (Wildman–Crippen LogP) is 3.10. The van der Waals surface area contributed by atoms with Crippen LogP contribution in [0.2, 0.25) is 0 Å². The van der Waals surface area contributed by atoms with Gasteiger partial charge in [0.05, 0.1) is 0 Å². The van der Waals surface area contributed by atoms with Gasteiger partial charge < -0.3 is 5.32 Å². The minimum Gasteiger partial charge on any atom is -0.343 e. The van der Waals surface area contributed by atoms with Gasteiger partial charge in [0.15, 0.2) is 0 Å². The van der Waals surface area contributed by atoms with Crippen LogP contribution in [-0.4, -0.2) is 18.6 Å². The Morgan fingerprint density at radius 2 is 1.76 bits per heavy atom. The number of benzene rings is 1. The van der Waals surface area contributed by atoms with Gasteiger partial charge in [0.25, 0.3) is 5.91 Å². The second-order valence-corrected chi connectivity index (χ2v) is 4.07. The molecule has 0 aliphatic carbocycles. The average molecular weight is 245 g/mol. The van der Waals surface area contributed by atoms with Gasteiger partial charge in [-0.05, 0) is 23.6 Å². The van der Waals surface area contributed by atoms with Crippen molar-refractivity contribution in [2.45, 2.75) is 25.9 Å². The largest absolute Gasteiger partial charge is 0.405 e. The molecule has 5 heteroatoms. The standard InChI is InChI=1S/C12H14F3NO/c1-8(2)9-3-5-10(6-4-9)11(17)16-7-12(13,14)15/h3-6,8H,7H2,1-2H3,(H,16,17). The van der Waals surface area contributed by atoms with Gasteiger partial charge in [-0.25, -0.2) is 0 Å². The monoisotopic (exact) mass is 245 g/mol. The number of hydrogen-bond donors (Lipinski definition) is 1. The minimum atomic E-state index is -4.38. The zero-order chi connectivity index (χ0) is 13.1. The van der Waals surface area contributed by atoms with E-state index in [4.69, 9.17) is 0 Å². The van der Waals surface area contributed by atoms with E-state index in [1.165, 1.54) is 12.1 Å². The molecule has 0 aliphatic rings. The molecular formula is C12H14F3NO. The van der Waals surface area contributed by atoms with Crippen LogP contribution >= 0.6 is 0 Å². The third-order valence-corrected chi connectivity index (χ3v) is 2.29. The quantitative estimate of drug-likeness (QED) is 0.871. The molecule has 0 atom stereocenters. The molecule has 0 radical (unpaired) electrons. The first-order valence-corrected chi connectivity index (χ1v) is 5.24. The summed E-state index contributed by atoms with van der Waals surface area (Å²) in [6.45, 7) is 2.69. The van der Waals surface area contributed by atoms with Crippen LogP contribution in [0.1, 0.15) is 35.7 Å². The molecule has 0 bridgehead atoms. The molecular weight excluding hydrogens is 231 g/mol. The van der Waals surface area contributed by atoms with Crippen molar-refractivity contribution in [1.29, 1.82) is 0 Å². The van der Waals surface area contributed by atoms with Gasteiger partial charge in [-0.1, -0.05) is 26.0 Å². The second-order valence-electron chi connectivity index (χ2n) is 4.07. The Morgan fingerprint density at radius 3 is 2.18 bits per heavy atom. The van der Waals surface area contributed by atoms with E-state index in [0.717, 1.165) is 5.56 Å². The van der Waals surface area contributed by atoms with Crippen LogP contribution < -0.4 is 5.32 Å². The summed E-state index contributed by atoms with van der Waals surface area (Å²) >= 11 is 0. The van der Waals surface area contributed by atoms with Crippen molar-refractivity contribution < 1.29 is 18.0 Å². The lowest BCUT2D eigenvalue weighted by Crippen LogP contribution is -2.33. The summed E-state index contributed by atoms with van der Waals surface area (Å²) in [6.07, 6.45) is -4.38. The van der Waals surface area contributed by atoms with Crippen LogP contribution in [0.25, 0.3) is 0 Å². The van der Waals surface area contributed by atoms with E-state index in [1.54, 1.807) is 12.1 Å². The SMILES string of the molecule is CC(C)c1ccc(C(=O)NCC(F)(F)F)cc1. The van der Waals surface area contributed by atoms with Crippen LogP contribution in [0.3, 0.4) is 0 Å². The fourth-order valence-electron chi connectivity index (χ4n) is 1.30. The van der Waals surface area contributed by atoms with Gasteiger partial charge in [0.2, 0.25) is 0 Å². The third-order valence-electron chi connectivity index (χ3n) is 2.29. The molecule has 1 amide bonds. The fraction of sp³-hybridized carbons (Fsp3) is 0.417. The predicted molar refractivity (Wildman–Crippen MR) is 58.9 cm³/mol. The van der Waals surface area contributed by atoms with E-state index in [-0.39, 0.29) is 5.56 Å². The Hall–Kier alpha value is -1.52. The molecule has 0 aromatic heterocycles. The molecule has 2 nitrogen and oxygen atoms in total. The van der Waals surface area contributed by atoms with Crippen LogP contribution in [0.5, 0.6) is 0 Å². The summed E-state index contributed by atoms with van der Waals surface area (Å²) in [4.78, 5) is 11.4. The van der Waals surface area contributed by atoms with Gasteiger partial charge >= 0.3 is 6.18 Å². The molecule has 0 aliphatic heterocycles. The van der Waals surface area contributed by atoms with Gasteiger partial charge in [-0.2, -0.15) is 13.2 Å². The lowest BCUT2D eigenvalue weighted by Gasteiger charge is -2.09. The van der Waals surface area contributed by atoms with Gasteiger partial charge in [-0.15, -0.1) is 0 Å². The maximum atomic E-state index is 11.9. The van der Waals surface area contributed by atoms with E-state index in [9.17, 15) is 18.0 Å². The van der Waals surface area contributed by atoms with Crippen molar-refractivity contribution in [2.24, 2.45) is 0 Å². The Morgan fingerprint density at radius 1 is 1.24 bits per heavy atom. The van der Waals surface area contributed by atoms with Gasteiger partial charge in [0.1, 0.15) is 6.54 Å². The van der Waals surface area contributed by atoms with Crippen LogP contribution in [0.4, 0.5) is 13.2 Å². The summed E-state index contributed by atoms with van der Waals surface area (Å²) in [5, 5.41) is 1.82. The third kappa shape index (κ3) is 4.46. The van der Waals surface area contributed by atoms with Gasteiger partial charge in [0, 0.05) is 5.56 Å². The number of amides is 1. The first-order valence-electron chi connectivity index (χ1n) is 5.24. The lowest BCUT2D eigenvalue weighted by atomic mass is 10.0. The van der Waals surface area contributed by atoms with E-state index < -0.39 is 18.6 Å². The highest BCUT2D eigenvalue weighted by Crippen LogP contribution is 2.15. The lowest BCUT2D eigenvalue weighted by molar-refractivity contribution is -0.123. The number of carbonyl (C=O) groups excluding carboxylic acids is 1. The van der Waals surface area contributed by atoms with Gasteiger partial charge in [-0.3, -0.25) is 4.79 Å². The molecule has 17 heavy (non-hydrogen) atoms. The molecule has 0 saturated carbocycles. The highest BCUT2D eigenvalue weighted by molar-refractivity contribution is 5.94. The molecule has 1 N–H and O–H groups in total. The molecule has 1 aromatic carbocycles. The fourth-order valence-corrected chi connectivity index (χ4v) is 1.30. The Bertz CT molecular complexity index is 382. The minimum absolute atomic E-state index is 0.235. The van der Waals surface area contributed by atoms with E-state index in [1.807, 2.05) is 19.2 Å². The number of carbonyl (C=O) groups is 1. The molecule has 0 heterocycles. The van der Waals surface area contributed by atoms with Crippen LogP contribution in [0.15, 0.2) is 24.3 Å². The number of halogens is 3. The number of nitrogens with one attached hydrogen (secondary N) is 1. The topological polar surface area (TPSA) is 29.1 Å². The molecule has 0 unspecified atom stereocenters. The van der Waals surface area contributed by atoms with E-state index in [2.05, 4.69) is 0 Å². The van der Waals surface area contributed by atoms with Crippen LogP contribution in [0, 0.1) is 0 Å². The van der Waals surface area contributed by atoms with Crippen molar-refractivity contribution in [3.8, 4) is 0 Å². The normalized spacial score (nSPS) is 11.6. The second kappa shape index (κ2) is 5.21. The van der Waals surface area contributed by atoms with Crippen molar-refractivity contribution in [1.82, 2.24) is 5.32 Å². The molecule has 0 spiro atoms. The highest BCUT2D eigenvalue weighted by Gasteiger charge is 2.27. The molecule has 0 saturated heterocycles. The number of hydrogen-bond acceptors (Lipinski definition) is 1. The van der Waals surface area contributed by atoms with Crippen molar-refractivity contribution in [3.05, 3.63) is 35.4 Å². The van der Waals surface area contributed by atoms with E-state index in [0.29, 0.717) is 5.92 Å². The van der Waals surface area contributed by atoms with E-state index >= 15 is 0 Å². The Labute approximate surface area is 97.8 Å². The summed E-state index contributed by atoms with van der Waals surface area (Å²) in [5.74, 6) is -0.389. The molecule has 94 valence electrons. The first kappa shape index (κ1) is 13.5. The van der Waals surface area contributed by atoms with Crippen molar-refractivity contribution >= 4 is 5.91 Å². The van der Waals surface area contributed by atoms with Crippen molar-refractivity contribution in [2.75, 3.05) is 6.54 Å². The Balaban J connectivity index is 2.64. The summed E-state index contributed by atoms with van der Waals surface area (Å²) in [5.41, 5.74) is 1.27. The smallest absolute Gasteiger partial charge is 0.343 e. The zero-order valence-electron chi connectivity index (χ0n) is 9.64. The highest BCUT2D eigenvalue weighted by atomic mass is 19.4. The Kier molecular flexibility index (Phi) is 4.15. The summed E-state index contributed by atoms with van der Waals surface area (Å²) < 4.78 is 35.7. The molecule has 1 aromatic rings. The summed E-state index contributed by atoms with van der Waals surface area (Å²) in [7, 11) is 0. The number of alkyl halides is 3. The molecule has 1 rings (SSSR count). The molecule has 0 fully saturated rings. The first-order chi connectivity index (χ1) is 7.79. The van der Waals surface area contributed by atoms with Crippen molar-refractivity contribution in [3.63, 3.8) is 0 Å². The average Bonchev–Trinajstić information content (AvgIpc) is 2.25. The van der Waals surface area contributed by atoms with Crippen LogP contribution in [-0.2, 0) is 0 Å². The maximum absolute atomic E-state index is 11.9. The maximum Gasteiger partial charge on any atom is 0.405 e. The summed E-state index contributed by atoms with van der Waals surface area (Å²) in [6, 6.07) is 6.54.